The van der Waals surface area contributed by atoms with Gasteiger partial charge in [0.15, 0.2) is 0 Å². The Kier molecular flexibility index (Phi) is 16300. The molecule has 0 aliphatic rings. The molecule has 18 heavy (non-hydrogen) atoms. The minimum Gasteiger partial charge on any atom is 0 e. The summed E-state index contributed by atoms with van der Waals surface area (Å²) in [5.74, 6) is 0. The summed E-state index contributed by atoms with van der Waals surface area (Å²) in [6, 6.07) is 0. The second-order valence-corrected chi connectivity index (χ2v) is 0. The maximum Gasteiger partial charge on any atom is 0 e. The van der Waals surface area contributed by atoms with Crippen molar-refractivity contribution in [3.63, 3.8) is 0 Å². The molecule has 0 radical (unpaired) electrons. The second kappa shape index (κ2) is 3300. The van der Waals surface area contributed by atoms with Gasteiger partial charge in [0.2, 0.25) is 0 Å². The van der Waals surface area contributed by atoms with E-state index in [0.29, 0.717) is 0 Å². The van der Waals surface area contributed by atoms with E-state index in [1.54, 1.807) is 0 Å². The monoisotopic (exact) mass is 336 g/mol. The van der Waals surface area contributed by atoms with Crippen molar-refractivity contribution in [1.82, 2.24) is 0 Å². The van der Waals surface area contributed by atoms with Gasteiger partial charge in [-0.15, -0.1) is 0 Å². The van der Waals surface area contributed by atoms with Crippen LogP contribution >= 0.6 is 0 Å². The van der Waals surface area contributed by atoms with Gasteiger partial charge >= 0.3 is 90.4 Å². The first-order valence-corrected chi connectivity index (χ1v) is 1.63. The fraction of sp³-hybridized carbons (Fsp3) is 0. The van der Waals surface area contributed by atoms with Gasteiger partial charge in [0.25, 0.3) is 0 Å². The summed E-state index contributed by atoms with van der Waals surface area (Å²) in [4.78, 5) is 0. The quantitative estimate of drug-likeness (QED) is 0.323. The summed E-state index contributed by atoms with van der Waals surface area (Å²) in [6.45, 7) is 36.0. The Hall–Kier alpha value is -1.04. The third-order valence-electron chi connectivity index (χ3n) is 0. The van der Waals surface area contributed by atoms with E-state index in [-0.39, 0.29) is 34.1 Å². The molecule has 0 unspecified atom stereocenters. The number of hydrogen-bond acceptors (Lipinski definition) is 0. The van der Waals surface area contributed by atoms with E-state index in [4.69, 9.17) is 37.2 Å². The van der Waals surface area contributed by atoms with Gasteiger partial charge in [0.05, 0.1) is 0 Å². The van der Waals surface area contributed by atoms with Gasteiger partial charge in [-0.1, -0.05) is 0 Å². The Morgan fingerprint density at radius 1 is 0.222 bits per heavy atom. The largest absolute Gasteiger partial charge is 0 e. The zero-order valence-electron chi connectivity index (χ0n) is 7.97. The van der Waals surface area contributed by atoms with Crippen LogP contribution in [0.3, 0.4) is 0 Å². The standard InChI is InChI=1S/8CO.2Fe/c8*1-2;;. The molecule has 0 bridgehead atoms. The van der Waals surface area contributed by atoms with Crippen molar-refractivity contribution in [2.24, 2.45) is 0 Å². The van der Waals surface area contributed by atoms with Crippen LogP contribution in [-0.4, -0.2) is 0 Å². The van der Waals surface area contributed by atoms with Crippen molar-refractivity contribution >= 4 is 0 Å². The molecule has 0 aromatic heterocycles. The smallest absolute Gasteiger partial charge is 0 e. The predicted octanol–water partition coefficient (Wildman–Crippen LogP) is -0.305. The van der Waals surface area contributed by atoms with Crippen molar-refractivity contribution in [1.29, 1.82) is 0 Å². The first-order valence-electron chi connectivity index (χ1n) is 1.63. The number of rotatable bonds is 0. The van der Waals surface area contributed by atoms with Crippen molar-refractivity contribution < 1.29 is 71.4 Å². The van der Waals surface area contributed by atoms with Gasteiger partial charge in [-0.25, -0.2) is 0 Å². The van der Waals surface area contributed by atoms with Crippen LogP contribution < -0.4 is 0 Å². The molecule has 0 atom stereocenters. The normalized spacial score (nSPS) is 0.889. The summed E-state index contributed by atoms with van der Waals surface area (Å²) in [5, 5.41) is 0. The van der Waals surface area contributed by atoms with E-state index < -0.39 is 0 Å². The third kappa shape index (κ3) is 2690. The molecule has 0 aliphatic carbocycles. The Balaban J connectivity index is -0.00000000500. The average Bonchev–Trinajstić information content (AvgIpc) is 2.54. The first-order chi connectivity index (χ1) is 8.00. The van der Waals surface area contributed by atoms with E-state index in [9.17, 15) is 0 Å². The molecule has 96 valence electrons. The van der Waals surface area contributed by atoms with Crippen LogP contribution in [0.4, 0.5) is 0 Å². The SMILES string of the molecule is [C-]#[O+].[C-]#[O+].[C-]#[O+].[C-]#[O+].[C-]#[O+].[C-]#[O+].[C-]#[O+].[C-]#[O+].[Fe].[Fe]. The summed E-state index contributed by atoms with van der Waals surface area (Å²) in [6.07, 6.45) is 0. The topological polar surface area (TPSA) is 159 Å². The predicted molar refractivity (Wildman–Crippen MR) is 31.4 cm³/mol. The molecule has 0 heterocycles. The van der Waals surface area contributed by atoms with Crippen LogP contribution in [0.15, 0.2) is 0 Å². The fourth-order valence-electron chi connectivity index (χ4n) is 0. The van der Waals surface area contributed by atoms with Crippen molar-refractivity contribution in [3.8, 4) is 0 Å². The zero-order valence-corrected chi connectivity index (χ0v) is 10.2. The molecule has 0 saturated heterocycles. The molecule has 0 fully saturated rings. The van der Waals surface area contributed by atoms with Crippen LogP contribution in [0.5, 0.6) is 0 Å². The molecule has 0 aromatic carbocycles. The van der Waals surface area contributed by atoms with E-state index in [1.165, 1.54) is 0 Å². The van der Waals surface area contributed by atoms with Gasteiger partial charge in [0, 0.05) is 34.1 Å². The molecule has 0 spiro atoms. The number of hydrogen-bond donors (Lipinski definition) is 0. The maximum atomic E-state index is 7.50. The second-order valence-electron chi connectivity index (χ2n) is 0. The van der Waals surface area contributed by atoms with E-state index in [0.717, 1.165) is 0 Å². The molecule has 0 saturated carbocycles. The average molecular weight is 336 g/mol. The molecule has 0 aliphatic heterocycles. The van der Waals surface area contributed by atoms with E-state index in [1.807, 2.05) is 0 Å². The molecule has 8 nitrogen and oxygen atoms in total. The Morgan fingerprint density at radius 3 is 0.222 bits per heavy atom. The minimum absolute atomic E-state index is 0. The van der Waals surface area contributed by atoms with Crippen LogP contribution in [0.1, 0.15) is 0 Å². The van der Waals surface area contributed by atoms with Crippen LogP contribution in [0.2, 0.25) is 0 Å². The summed E-state index contributed by atoms with van der Waals surface area (Å²) in [5.41, 5.74) is 0. The van der Waals surface area contributed by atoms with Crippen molar-refractivity contribution in [3.05, 3.63) is 53.2 Å². The van der Waals surface area contributed by atoms with Crippen LogP contribution in [0.25, 0.3) is 0 Å². The molecule has 0 N–H and O–H groups in total. The van der Waals surface area contributed by atoms with Crippen LogP contribution in [0, 0.1) is 53.2 Å². The Morgan fingerprint density at radius 2 is 0.222 bits per heavy atom. The molecule has 10 heteroatoms. The van der Waals surface area contributed by atoms with Crippen molar-refractivity contribution in [2.45, 2.75) is 0 Å². The maximum absolute atomic E-state index is 7.50. The van der Waals surface area contributed by atoms with Gasteiger partial charge in [0.1, 0.15) is 0 Å². The molecular weight excluding hydrogens is 336 g/mol. The summed E-state index contributed by atoms with van der Waals surface area (Å²) < 4.78 is 60.0. The molecular formula is C8Fe2O8. The van der Waals surface area contributed by atoms with Gasteiger partial charge in [-0.3, -0.25) is 0 Å². The molecule has 0 amide bonds. The molecule has 0 rings (SSSR count). The Labute approximate surface area is 125 Å². The van der Waals surface area contributed by atoms with E-state index >= 15 is 0 Å². The van der Waals surface area contributed by atoms with Crippen molar-refractivity contribution in [2.75, 3.05) is 0 Å². The van der Waals surface area contributed by atoms with Crippen LogP contribution in [-0.2, 0) is 71.4 Å². The van der Waals surface area contributed by atoms with Gasteiger partial charge in [-0.2, -0.15) is 0 Å². The zero-order chi connectivity index (χ0) is 16.0. The minimum atomic E-state index is 0. The molecule has 0 aromatic rings. The fourth-order valence-corrected chi connectivity index (χ4v) is 0. The van der Waals surface area contributed by atoms with E-state index in [2.05, 4.69) is 53.2 Å². The van der Waals surface area contributed by atoms with Gasteiger partial charge < -0.3 is 0 Å². The summed E-state index contributed by atoms with van der Waals surface area (Å²) >= 11 is 0. The Bertz CT molecular complexity index is 135. The van der Waals surface area contributed by atoms with Gasteiger partial charge in [-0.05, 0) is 0 Å². The first kappa shape index (κ1) is 89.2. The third-order valence-corrected chi connectivity index (χ3v) is 0. The summed E-state index contributed by atoms with van der Waals surface area (Å²) in [7, 11) is 0.